The Labute approximate surface area is 101 Å². The van der Waals surface area contributed by atoms with Gasteiger partial charge in [-0.2, -0.15) is 18.3 Å². The molecule has 1 rings (SSSR count). The minimum atomic E-state index is -4.35. The SMILES string of the molecule is CCn1ncc(Cl)c1C(N)COCC(F)(F)F. The molecule has 0 aliphatic carbocycles. The zero-order valence-corrected chi connectivity index (χ0v) is 9.92. The molecule has 0 aliphatic heterocycles. The summed E-state index contributed by atoms with van der Waals surface area (Å²) in [5.41, 5.74) is 6.19. The molecule has 98 valence electrons. The van der Waals surface area contributed by atoms with Gasteiger partial charge < -0.3 is 10.5 Å². The van der Waals surface area contributed by atoms with Crippen molar-refractivity contribution in [3.05, 3.63) is 16.9 Å². The van der Waals surface area contributed by atoms with E-state index >= 15 is 0 Å². The fourth-order valence-electron chi connectivity index (χ4n) is 1.37. The van der Waals surface area contributed by atoms with Crippen LogP contribution in [0.4, 0.5) is 13.2 Å². The van der Waals surface area contributed by atoms with Crippen molar-refractivity contribution in [3.8, 4) is 0 Å². The van der Waals surface area contributed by atoms with Crippen LogP contribution in [0.1, 0.15) is 18.7 Å². The fourth-order valence-corrected chi connectivity index (χ4v) is 1.65. The third-order valence-electron chi connectivity index (χ3n) is 2.05. The van der Waals surface area contributed by atoms with Gasteiger partial charge in [-0.1, -0.05) is 11.6 Å². The van der Waals surface area contributed by atoms with E-state index in [-0.39, 0.29) is 6.61 Å². The Hall–Kier alpha value is -0.790. The number of hydrogen-bond acceptors (Lipinski definition) is 3. The van der Waals surface area contributed by atoms with E-state index in [0.29, 0.717) is 17.3 Å². The molecule has 4 nitrogen and oxygen atoms in total. The molecule has 0 saturated heterocycles. The second-order valence-corrected chi connectivity index (χ2v) is 3.84. The molecular weight excluding hydrogens is 259 g/mol. The van der Waals surface area contributed by atoms with Crippen molar-refractivity contribution in [1.82, 2.24) is 9.78 Å². The molecule has 0 aliphatic rings. The van der Waals surface area contributed by atoms with Gasteiger partial charge in [0.2, 0.25) is 0 Å². The molecule has 1 heterocycles. The Morgan fingerprint density at radius 1 is 1.59 bits per heavy atom. The summed E-state index contributed by atoms with van der Waals surface area (Å²) >= 11 is 5.85. The van der Waals surface area contributed by atoms with Crippen LogP contribution in [0.5, 0.6) is 0 Å². The van der Waals surface area contributed by atoms with Gasteiger partial charge in [0, 0.05) is 6.54 Å². The van der Waals surface area contributed by atoms with E-state index in [4.69, 9.17) is 17.3 Å². The van der Waals surface area contributed by atoms with E-state index < -0.39 is 18.8 Å². The molecule has 2 N–H and O–H groups in total. The number of hydrogen-bond donors (Lipinski definition) is 1. The molecule has 1 unspecified atom stereocenters. The highest BCUT2D eigenvalue weighted by Crippen LogP contribution is 2.22. The van der Waals surface area contributed by atoms with Crippen LogP contribution in [0.3, 0.4) is 0 Å². The molecule has 17 heavy (non-hydrogen) atoms. The van der Waals surface area contributed by atoms with Crippen molar-refractivity contribution in [2.45, 2.75) is 25.7 Å². The monoisotopic (exact) mass is 271 g/mol. The molecule has 0 amide bonds. The molecule has 0 spiro atoms. The number of ether oxygens (including phenoxy) is 1. The zero-order valence-electron chi connectivity index (χ0n) is 9.17. The summed E-state index contributed by atoms with van der Waals surface area (Å²) in [5, 5.41) is 4.27. The number of rotatable bonds is 5. The number of nitrogens with two attached hydrogens (primary N) is 1. The summed E-state index contributed by atoms with van der Waals surface area (Å²) in [5.74, 6) is 0. The highest BCUT2D eigenvalue weighted by atomic mass is 35.5. The molecule has 0 bridgehead atoms. The van der Waals surface area contributed by atoms with Gasteiger partial charge in [0.1, 0.15) is 6.61 Å². The Morgan fingerprint density at radius 2 is 2.24 bits per heavy atom. The second kappa shape index (κ2) is 5.70. The largest absolute Gasteiger partial charge is 0.411 e. The van der Waals surface area contributed by atoms with Crippen LogP contribution in [-0.4, -0.2) is 29.2 Å². The van der Waals surface area contributed by atoms with Crippen molar-refractivity contribution >= 4 is 11.6 Å². The molecule has 0 aromatic carbocycles. The van der Waals surface area contributed by atoms with Crippen LogP contribution in [0.15, 0.2) is 6.20 Å². The number of nitrogens with zero attached hydrogens (tertiary/aromatic N) is 2. The highest BCUT2D eigenvalue weighted by molar-refractivity contribution is 6.31. The number of alkyl halides is 3. The molecule has 1 aromatic rings. The van der Waals surface area contributed by atoms with E-state index in [1.54, 1.807) is 0 Å². The predicted molar refractivity (Wildman–Crippen MR) is 56.7 cm³/mol. The maximum Gasteiger partial charge on any atom is 0.411 e. The van der Waals surface area contributed by atoms with Gasteiger partial charge in [-0.25, -0.2) is 0 Å². The normalized spacial score (nSPS) is 14.0. The number of halogens is 4. The first-order chi connectivity index (χ1) is 7.85. The summed E-state index contributed by atoms with van der Waals surface area (Å²) in [6, 6.07) is -0.729. The first kappa shape index (κ1) is 14.3. The molecule has 0 fully saturated rings. The number of aromatic nitrogens is 2. The summed E-state index contributed by atoms with van der Waals surface area (Å²) in [6.07, 6.45) is -2.95. The molecule has 8 heteroatoms. The minimum Gasteiger partial charge on any atom is -0.370 e. The smallest absolute Gasteiger partial charge is 0.370 e. The highest BCUT2D eigenvalue weighted by Gasteiger charge is 2.28. The van der Waals surface area contributed by atoms with Crippen LogP contribution in [0.2, 0.25) is 5.02 Å². The van der Waals surface area contributed by atoms with Crippen LogP contribution in [-0.2, 0) is 11.3 Å². The molecule has 1 atom stereocenters. The van der Waals surface area contributed by atoms with Crippen molar-refractivity contribution in [2.75, 3.05) is 13.2 Å². The van der Waals surface area contributed by atoms with Crippen molar-refractivity contribution in [2.24, 2.45) is 5.73 Å². The van der Waals surface area contributed by atoms with Crippen molar-refractivity contribution in [1.29, 1.82) is 0 Å². The summed E-state index contributed by atoms with van der Waals surface area (Å²) < 4.78 is 41.6. The predicted octanol–water partition coefficient (Wildman–Crippen LogP) is 2.14. The lowest BCUT2D eigenvalue weighted by molar-refractivity contribution is -0.174. The maximum absolute atomic E-state index is 11.9. The molecule has 0 radical (unpaired) electrons. The Morgan fingerprint density at radius 3 is 2.76 bits per heavy atom. The lowest BCUT2D eigenvalue weighted by Gasteiger charge is -2.15. The Kier molecular flexibility index (Phi) is 4.79. The van der Waals surface area contributed by atoms with E-state index in [2.05, 4.69) is 9.84 Å². The van der Waals surface area contributed by atoms with Crippen LogP contribution in [0.25, 0.3) is 0 Å². The summed E-state index contributed by atoms with van der Waals surface area (Å²) in [7, 11) is 0. The van der Waals surface area contributed by atoms with Gasteiger partial charge >= 0.3 is 6.18 Å². The van der Waals surface area contributed by atoms with Gasteiger partial charge in [-0.05, 0) is 6.92 Å². The second-order valence-electron chi connectivity index (χ2n) is 3.43. The third kappa shape index (κ3) is 4.18. The molecule has 1 aromatic heterocycles. The van der Waals surface area contributed by atoms with Crippen LogP contribution < -0.4 is 5.73 Å². The average molecular weight is 272 g/mol. The summed E-state index contributed by atoms with van der Waals surface area (Å²) in [4.78, 5) is 0. The quantitative estimate of drug-likeness (QED) is 0.893. The van der Waals surface area contributed by atoms with E-state index in [1.165, 1.54) is 10.9 Å². The third-order valence-corrected chi connectivity index (χ3v) is 2.34. The van der Waals surface area contributed by atoms with Gasteiger partial charge in [-0.15, -0.1) is 0 Å². The van der Waals surface area contributed by atoms with Crippen molar-refractivity contribution < 1.29 is 17.9 Å². The van der Waals surface area contributed by atoms with E-state index in [0.717, 1.165) is 0 Å². The summed E-state index contributed by atoms with van der Waals surface area (Å²) in [6.45, 7) is 0.786. The van der Waals surface area contributed by atoms with E-state index in [1.807, 2.05) is 6.92 Å². The molecular formula is C9H13ClF3N3O. The standard InChI is InChI=1S/C9H13ClF3N3O/c1-2-16-8(6(10)3-15-16)7(14)4-17-5-9(11,12)13/h3,7H,2,4-5,14H2,1H3. The van der Waals surface area contributed by atoms with Gasteiger partial charge in [0.05, 0.1) is 29.6 Å². The zero-order chi connectivity index (χ0) is 13.1. The lowest BCUT2D eigenvalue weighted by atomic mass is 10.2. The first-order valence-electron chi connectivity index (χ1n) is 4.96. The fraction of sp³-hybridized carbons (Fsp3) is 0.667. The van der Waals surface area contributed by atoms with Gasteiger partial charge in [0.15, 0.2) is 0 Å². The van der Waals surface area contributed by atoms with Crippen LogP contribution in [0, 0.1) is 0 Å². The Balaban J connectivity index is 2.57. The van der Waals surface area contributed by atoms with Crippen LogP contribution >= 0.6 is 11.6 Å². The van der Waals surface area contributed by atoms with Gasteiger partial charge in [0.25, 0.3) is 0 Å². The first-order valence-corrected chi connectivity index (χ1v) is 5.34. The lowest BCUT2D eigenvalue weighted by Crippen LogP contribution is -2.25. The Bertz CT molecular complexity index is 367. The van der Waals surface area contributed by atoms with Gasteiger partial charge in [-0.3, -0.25) is 4.68 Å². The average Bonchev–Trinajstić information content (AvgIpc) is 2.57. The minimum absolute atomic E-state index is 0.259. The van der Waals surface area contributed by atoms with E-state index in [9.17, 15) is 13.2 Å². The van der Waals surface area contributed by atoms with Crippen molar-refractivity contribution in [3.63, 3.8) is 0 Å². The number of aryl methyl sites for hydroxylation is 1. The topological polar surface area (TPSA) is 53.1 Å². The maximum atomic E-state index is 11.9. The molecule has 0 saturated carbocycles.